The van der Waals surface area contributed by atoms with Gasteiger partial charge in [-0.1, -0.05) is 45.0 Å². The first-order valence-electron chi connectivity index (χ1n) is 25.7. The third-order valence-corrected chi connectivity index (χ3v) is 15.0. The average molecular weight is 1110 g/mol. The number of aryl methyl sites for hydroxylation is 1. The zero-order valence-electron chi connectivity index (χ0n) is 44.5. The number of likely N-dealkylation sites (tertiary alicyclic amines) is 1. The van der Waals surface area contributed by atoms with Gasteiger partial charge >= 0.3 is 0 Å². The number of rotatable bonds is 24. The molecule has 4 atom stereocenters. The van der Waals surface area contributed by atoms with Gasteiger partial charge in [0.2, 0.25) is 17.7 Å². The van der Waals surface area contributed by atoms with E-state index in [1.165, 1.54) is 22.5 Å². The monoisotopic (exact) mass is 1110 g/mol. The third-order valence-electron chi connectivity index (χ3n) is 12.9. The van der Waals surface area contributed by atoms with E-state index < -0.39 is 41.3 Å². The number of nitrogens with zero attached hydrogens (tertiary/aromatic N) is 3. The minimum absolute atomic E-state index is 0.0354. The molecule has 1 fully saturated rings. The van der Waals surface area contributed by atoms with Crippen LogP contribution in [0.4, 0.5) is 0 Å². The fourth-order valence-electron chi connectivity index (χ4n) is 8.68. The molecule has 6 N–H and O–H groups in total. The second-order valence-corrected chi connectivity index (χ2v) is 21.8. The van der Waals surface area contributed by atoms with Crippen LogP contribution in [0.3, 0.4) is 0 Å². The summed E-state index contributed by atoms with van der Waals surface area (Å²) in [6.45, 7) is 10.5. The Morgan fingerprint density at radius 3 is 2.09 bits per heavy atom. The molecule has 5 aromatic carbocycles. The number of hydrogen-bond donors (Lipinski definition) is 6. The lowest BCUT2D eigenvalue weighted by atomic mass is 9.85. The molecule has 3 heterocycles. The summed E-state index contributed by atoms with van der Waals surface area (Å²) in [5.41, 5.74) is 8.47. The van der Waals surface area contributed by atoms with E-state index >= 15 is 0 Å². The van der Waals surface area contributed by atoms with Gasteiger partial charge in [0, 0.05) is 28.6 Å². The molecule has 1 saturated heterocycles. The fourth-order valence-corrected chi connectivity index (χ4v) is 10.7. The van der Waals surface area contributed by atoms with Crippen LogP contribution in [0.2, 0.25) is 0 Å². The number of aromatic nitrogens is 1. The van der Waals surface area contributed by atoms with Gasteiger partial charge < -0.3 is 54.5 Å². The second kappa shape index (κ2) is 26.8. The van der Waals surface area contributed by atoms with Crippen LogP contribution < -0.4 is 25.5 Å². The van der Waals surface area contributed by atoms with E-state index in [4.69, 9.17) is 23.7 Å². The van der Waals surface area contributed by atoms with Gasteiger partial charge in [-0.25, -0.2) is 10.4 Å². The summed E-state index contributed by atoms with van der Waals surface area (Å²) in [6, 6.07) is 31.3. The zero-order chi connectivity index (χ0) is 56.1. The molecule has 1 aliphatic rings. The minimum atomic E-state index is -0.990. The van der Waals surface area contributed by atoms with Crippen molar-refractivity contribution >= 4 is 62.6 Å². The van der Waals surface area contributed by atoms with E-state index in [-0.39, 0.29) is 56.2 Å². The number of hydrazone groups is 1. The van der Waals surface area contributed by atoms with Crippen molar-refractivity contribution in [3.63, 3.8) is 0 Å². The first-order valence-corrected chi connectivity index (χ1v) is 27.4. The maximum absolute atomic E-state index is 14.0. The van der Waals surface area contributed by atoms with Gasteiger partial charge in [0.05, 0.1) is 72.4 Å². The Labute approximate surface area is 466 Å². The number of β-amino-alcohol motifs (C(OH)–C–C–N with tert-alkyl or cyclic N) is 1. The van der Waals surface area contributed by atoms with Gasteiger partial charge in [-0.2, -0.15) is 5.10 Å². The Bertz CT molecular complexity index is 3210. The Morgan fingerprint density at radius 1 is 0.785 bits per heavy atom. The van der Waals surface area contributed by atoms with Gasteiger partial charge in [-0.3, -0.25) is 19.2 Å². The number of aliphatic hydroxyl groups excluding tert-OH is 1. The summed E-state index contributed by atoms with van der Waals surface area (Å²) >= 11 is 3.02. The van der Waals surface area contributed by atoms with E-state index in [1.54, 1.807) is 102 Å². The van der Waals surface area contributed by atoms with Crippen LogP contribution in [0.5, 0.6) is 28.7 Å². The van der Waals surface area contributed by atoms with Crippen LogP contribution in [0.1, 0.15) is 67.3 Å². The van der Waals surface area contributed by atoms with E-state index in [0.717, 1.165) is 47.8 Å². The molecule has 7 aromatic rings. The number of thiazole rings is 1. The number of aromatic hydroxyl groups is 2. The first-order chi connectivity index (χ1) is 38.0. The summed E-state index contributed by atoms with van der Waals surface area (Å²) in [5.74, 6) is 0.265. The molecule has 8 rings (SSSR count). The lowest BCUT2D eigenvalue weighted by Gasteiger charge is -2.35. The molecular weight excluding hydrogens is 1050 g/mol. The fraction of sp³-hybridized carbons (Fsp3) is 0.322. The molecule has 0 aliphatic carbocycles. The van der Waals surface area contributed by atoms with E-state index in [9.17, 15) is 34.5 Å². The van der Waals surface area contributed by atoms with Gasteiger partial charge in [0.25, 0.3) is 5.91 Å². The molecule has 4 amide bonds. The summed E-state index contributed by atoms with van der Waals surface area (Å²) in [5, 5.41) is 41.2. The molecule has 1 aliphatic heterocycles. The molecule has 4 unspecified atom stereocenters. The highest BCUT2D eigenvalue weighted by Gasteiger charge is 2.44. The van der Waals surface area contributed by atoms with Gasteiger partial charge in [-0.05, 0) is 133 Å². The molecule has 2 aromatic heterocycles. The van der Waals surface area contributed by atoms with Crippen LogP contribution in [0.25, 0.3) is 31.0 Å². The Hall–Kier alpha value is -7.72. The number of carbonyl (C=O) groups excluding carboxylic acids is 4. The van der Waals surface area contributed by atoms with Gasteiger partial charge in [0.15, 0.2) is 5.75 Å². The van der Waals surface area contributed by atoms with Crippen molar-refractivity contribution in [2.24, 2.45) is 10.5 Å². The highest BCUT2D eigenvalue weighted by atomic mass is 32.1. The number of benzene rings is 5. The van der Waals surface area contributed by atoms with Crippen LogP contribution in [-0.4, -0.2) is 126 Å². The Kier molecular flexibility index (Phi) is 19.5. The van der Waals surface area contributed by atoms with E-state index in [1.807, 2.05) is 64.4 Å². The van der Waals surface area contributed by atoms with Crippen LogP contribution >= 0.6 is 22.7 Å². The first kappa shape index (κ1) is 57.5. The van der Waals surface area contributed by atoms with Crippen molar-refractivity contribution < 1.29 is 58.2 Å². The number of ether oxygens (including phenoxy) is 5. The van der Waals surface area contributed by atoms with E-state index in [2.05, 4.69) is 26.1 Å². The van der Waals surface area contributed by atoms with Crippen LogP contribution in [0, 0.1) is 12.3 Å². The smallest absolute Gasteiger partial charge is 0.271 e. The highest BCUT2D eigenvalue weighted by Crippen LogP contribution is 2.47. The molecule has 414 valence electrons. The Balaban J connectivity index is 0.682. The normalized spacial score (nSPS) is 15.2. The number of thiophene rings is 1. The number of hydrogen-bond acceptors (Lipinski definition) is 16. The average Bonchev–Trinajstić information content (AvgIpc) is 4.33. The van der Waals surface area contributed by atoms with Crippen molar-refractivity contribution in [1.82, 2.24) is 25.9 Å². The largest absolute Gasteiger partial charge is 0.508 e. The molecule has 0 saturated carbocycles. The molecule has 0 bridgehead atoms. The topological polar surface area (TPSA) is 240 Å². The number of amides is 4. The van der Waals surface area contributed by atoms with Crippen LogP contribution in [0.15, 0.2) is 126 Å². The van der Waals surface area contributed by atoms with Gasteiger partial charge in [-0.15, -0.1) is 22.7 Å². The lowest BCUT2D eigenvalue weighted by molar-refractivity contribution is -0.144. The quantitative estimate of drug-likeness (QED) is 0.0189. The molecule has 0 spiro atoms. The number of phenolic OH excluding ortho intramolecular Hbond substituents is 2. The van der Waals surface area contributed by atoms with Crippen LogP contribution in [-0.2, 0) is 28.6 Å². The number of aliphatic hydroxyl groups is 1. The highest BCUT2D eigenvalue weighted by molar-refractivity contribution is 7.22. The molecule has 79 heavy (non-hydrogen) atoms. The minimum Gasteiger partial charge on any atom is -0.508 e. The molecule has 20 heteroatoms. The number of nitrogens with one attached hydrogen (secondary N) is 3. The summed E-state index contributed by atoms with van der Waals surface area (Å²) in [7, 11) is 0. The molecule has 0 radical (unpaired) electrons. The predicted molar refractivity (Wildman–Crippen MR) is 303 cm³/mol. The van der Waals surface area contributed by atoms with Gasteiger partial charge in [0.1, 0.15) is 48.3 Å². The standard InChI is InChI=1S/C59H64N6O12S2/c1-36(39-8-10-40(11-9-39)53-37(2)60-35-78-53)62-57(71)49-30-45(68)33-65(49)58(72)55(59(3,4)5)63-51(69)34-75-27-26-73-24-25-74-28-29-76-46-19-6-38(7-20-46)32-61-64-56(70)42-14-21-47(22-15-42)77-52-48-23-18-44(67)31-50(48)79-54(52)41-12-16-43(66)17-13-41/h6-23,31-32,35-36,45,49,55,66-68H,24-30,33-34H2,1-5H3,(H,62,71)(H,63,69)(H,64,70). The second-order valence-electron chi connectivity index (χ2n) is 19.9. The summed E-state index contributed by atoms with van der Waals surface area (Å²) < 4.78 is 29.7. The molecular formula is C59H64N6O12S2. The van der Waals surface area contributed by atoms with Crippen molar-refractivity contribution in [2.75, 3.05) is 52.8 Å². The van der Waals surface area contributed by atoms with E-state index in [0.29, 0.717) is 49.2 Å². The van der Waals surface area contributed by atoms with Crippen molar-refractivity contribution in [2.45, 2.75) is 65.3 Å². The number of carbonyl (C=O) groups is 4. The number of fused-ring (bicyclic) bond motifs is 1. The SMILES string of the molecule is Cc1ncsc1-c1ccc(C(C)NC(=O)C2CC(O)CN2C(=O)C(NC(=O)COCCOCCOCCOc2ccc(C=NNC(=O)c3ccc(Oc4c(-c5ccc(O)cc5)sc5cc(O)ccc45)cc3)cc2)C(C)(C)C)cc1. The van der Waals surface area contributed by atoms with Crippen molar-refractivity contribution in [1.29, 1.82) is 0 Å². The predicted octanol–water partition coefficient (Wildman–Crippen LogP) is 8.77. The third kappa shape index (κ3) is 15.5. The zero-order valence-corrected chi connectivity index (χ0v) is 46.1. The summed E-state index contributed by atoms with van der Waals surface area (Å²) in [4.78, 5) is 61.2. The van der Waals surface area contributed by atoms with Crippen molar-refractivity contribution in [3.8, 4) is 49.6 Å². The Morgan fingerprint density at radius 2 is 1.42 bits per heavy atom. The maximum atomic E-state index is 14.0. The maximum Gasteiger partial charge on any atom is 0.271 e. The lowest BCUT2D eigenvalue weighted by Crippen LogP contribution is -2.58. The summed E-state index contributed by atoms with van der Waals surface area (Å²) in [6.07, 6.45) is 0.705. The van der Waals surface area contributed by atoms with Crippen molar-refractivity contribution in [3.05, 3.63) is 143 Å². The molecule has 18 nitrogen and oxygen atoms in total. The number of phenols is 2.